The SMILES string of the molecule is O=NOC(=O)/C=C/c1ccccc1. The normalized spacial score (nSPS) is 9.85. The van der Waals surface area contributed by atoms with Gasteiger partial charge in [0.25, 0.3) is 0 Å². The van der Waals surface area contributed by atoms with Crippen molar-refractivity contribution < 1.29 is 9.63 Å². The standard InChI is InChI=1S/C9H7NO3/c11-9(13-10-12)7-6-8-4-2-1-3-5-8/h1-7H/b7-6+. The van der Waals surface area contributed by atoms with Crippen molar-refractivity contribution in [1.29, 1.82) is 0 Å². The molecule has 4 nitrogen and oxygen atoms in total. The Labute approximate surface area is 74.8 Å². The number of rotatable bonds is 3. The highest BCUT2D eigenvalue weighted by atomic mass is 16.7. The molecule has 0 aliphatic rings. The molecule has 0 unspecified atom stereocenters. The quantitative estimate of drug-likeness (QED) is 0.402. The molecule has 0 saturated carbocycles. The van der Waals surface area contributed by atoms with Crippen molar-refractivity contribution in [2.24, 2.45) is 5.34 Å². The van der Waals surface area contributed by atoms with E-state index in [0.29, 0.717) is 0 Å². The molecule has 0 spiro atoms. The minimum absolute atomic E-state index is 0.779. The molecular weight excluding hydrogens is 170 g/mol. The summed E-state index contributed by atoms with van der Waals surface area (Å²) in [6, 6.07) is 9.17. The number of nitrogens with zero attached hydrogens (tertiary/aromatic N) is 1. The van der Waals surface area contributed by atoms with Gasteiger partial charge in [-0.15, -0.1) is 4.91 Å². The molecule has 0 radical (unpaired) electrons. The van der Waals surface area contributed by atoms with E-state index in [0.717, 1.165) is 11.6 Å². The summed E-state index contributed by atoms with van der Waals surface area (Å²) in [7, 11) is 0. The van der Waals surface area contributed by atoms with Crippen LogP contribution in [0.4, 0.5) is 0 Å². The topological polar surface area (TPSA) is 55.7 Å². The van der Waals surface area contributed by atoms with Crippen molar-refractivity contribution in [3.05, 3.63) is 46.9 Å². The first-order valence-corrected chi connectivity index (χ1v) is 3.59. The van der Waals surface area contributed by atoms with Crippen LogP contribution in [-0.4, -0.2) is 5.97 Å². The number of benzene rings is 1. The minimum Gasteiger partial charge on any atom is -0.280 e. The molecule has 0 aromatic heterocycles. The van der Waals surface area contributed by atoms with Gasteiger partial charge in [0.15, 0.2) is 5.34 Å². The zero-order chi connectivity index (χ0) is 9.52. The third-order valence-electron chi connectivity index (χ3n) is 1.34. The van der Waals surface area contributed by atoms with Crippen LogP contribution in [0.25, 0.3) is 6.08 Å². The van der Waals surface area contributed by atoms with Gasteiger partial charge in [-0.2, -0.15) is 0 Å². The first kappa shape index (κ1) is 9.12. The molecule has 0 bridgehead atoms. The Morgan fingerprint density at radius 3 is 2.62 bits per heavy atom. The third-order valence-corrected chi connectivity index (χ3v) is 1.34. The fraction of sp³-hybridized carbons (Fsp3) is 0. The van der Waals surface area contributed by atoms with Crippen LogP contribution in [0.5, 0.6) is 0 Å². The minimum atomic E-state index is -0.779. The van der Waals surface area contributed by atoms with Crippen molar-refractivity contribution in [2.75, 3.05) is 0 Å². The third kappa shape index (κ3) is 3.29. The van der Waals surface area contributed by atoms with Crippen LogP contribution >= 0.6 is 0 Å². The summed E-state index contributed by atoms with van der Waals surface area (Å²) in [5.74, 6) is -0.779. The lowest BCUT2D eigenvalue weighted by Crippen LogP contribution is -1.91. The summed E-state index contributed by atoms with van der Waals surface area (Å²) < 4.78 is 0. The second-order valence-corrected chi connectivity index (χ2v) is 2.23. The van der Waals surface area contributed by atoms with Crippen LogP contribution in [0.2, 0.25) is 0 Å². The molecule has 66 valence electrons. The van der Waals surface area contributed by atoms with E-state index >= 15 is 0 Å². The van der Waals surface area contributed by atoms with E-state index in [-0.39, 0.29) is 0 Å². The zero-order valence-corrected chi connectivity index (χ0v) is 6.71. The van der Waals surface area contributed by atoms with Crippen molar-refractivity contribution in [1.82, 2.24) is 0 Å². The largest absolute Gasteiger partial charge is 0.362 e. The van der Waals surface area contributed by atoms with Gasteiger partial charge in [-0.25, -0.2) is 4.79 Å². The second-order valence-electron chi connectivity index (χ2n) is 2.23. The molecule has 1 aromatic rings. The highest BCUT2D eigenvalue weighted by Gasteiger charge is 1.94. The summed E-state index contributed by atoms with van der Waals surface area (Å²) in [5, 5.41) is 2.00. The molecule has 1 aromatic carbocycles. The Kier molecular flexibility index (Phi) is 3.38. The molecule has 0 heterocycles. The molecule has 0 atom stereocenters. The van der Waals surface area contributed by atoms with Gasteiger partial charge in [0.05, 0.1) is 0 Å². The fourth-order valence-corrected chi connectivity index (χ4v) is 0.796. The highest BCUT2D eigenvalue weighted by Crippen LogP contribution is 2.00. The molecule has 0 aliphatic carbocycles. The van der Waals surface area contributed by atoms with Gasteiger partial charge in [-0.05, 0) is 11.6 Å². The van der Waals surface area contributed by atoms with Gasteiger partial charge in [0.2, 0.25) is 0 Å². The Balaban J connectivity index is 2.58. The Morgan fingerprint density at radius 1 is 1.31 bits per heavy atom. The van der Waals surface area contributed by atoms with Gasteiger partial charge in [-0.3, -0.25) is 4.84 Å². The molecule has 0 fully saturated rings. The molecule has 4 heteroatoms. The molecule has 1 rings (SSSR count). The molecule has 0 N–H and O–H groups in total. The summed E-state index contributed by atoms with van der Waals surface area (Å²) in [5.41, 5.74) is 0.852. The smallest absolute Gasteiger partial charge is 0.280 e. The number of hydrogen-bond acceptors (Lipinski definition) is 4. The van der Waals surface area contributed by atoms with Crippen LogP contribution in [0.1, 0.15) is 5.56 Å². The van der Waals surface area contributed by atoms with E-state index in [1.807, 2.05) is 35.7 Å². The lowest BCUT2D eigenvalue weighted by molar-refractivity contribution is -0.137. The lowest BCUT2D eigenvalue weighted by Gasteiger charge is -1.89. The number of carbonyl (C=O) groups excluding carboxylic acids is 1. The van der Waals surface area contributed by atoms with E-state index in [9.17, 15) is 9.70 Å². The first-order chi connectivity index (χ1) is 6.33. The maximum atomic E-state index is 10.6. The van der Waals surface area contributed by atoms with Crippen molar-refractivity contribution in [3.63, 3.8) is 0 Å². The molecule has 13 heavy (non-hydrogen) atoms. The van der Waals surface area contributed by atoms with Crippen LogP contribution in [-0.2, 0) is 9.63 Å². The van der Waals surface area contributed by atoms with E-state index in [2.05, 4.69) is 4.84 Å². The van der Waals surface area contributed by atoms with Gasteiger partial charge >= 0.3 is 5.97 Å². The molecule has 0 aliphatic heterocycles. The molecular formula is C9H7NO3. The van der Waals surface area contributed by atoms with E-state index in [4.69, 9.17) is 0 Å². The predicted octanol–water partition coefficient (Wildman–Crippen LogP) is 1.92. The van der Waals surface area contributed by atoms with Crippen molar-refractivity contribution in [3.8, 4) is 0 Å². The Morgan fingerprint density at radius 2 is 2.00 bits per heavy atom. The average Bonchev–Trinajstić information content (AvgIpc) is 2.17. The summed E-state index contributed by atoms with van der Waals surface area (Å²) in [6.07, 6.45) is 2.67. The second kappa shape index (κ2) is 4.82. The fourth-order valence-electron chi connectivity index (χ4n) is 0.796. The highest BCUT2D eigenvalue weighted by molar-refractivity contribution is 5.86. The van der Waals surface area contributed by atoms with Crippen LogP contribution < -0.4 is 0 Å². The molecule has 0 saturated heterocycles. The molecule has 0 amide bonds. The monoisotopic (exact) mass is 177 g/mol. The zero-order valence-electron chi connectivity index (χ0n) is 6.71. The van der Waals surface area contributed by atoms with Gasteiger partial charge in [0, 0.05) is 6.08 Å². The van der Waals surface area contributed by atoms with E-state index < -0.39 is 5.97 Å². The van der Waals surface area contributed by atoms with Crippen molar-refractivity contribution in [2.45, 2.75) is 0 Å². The first-order valence-electron chi connectivity index (χ1n) is 3.59. The van der Waals surface area contributed by atoms with Gasteiger partial charge in [-0.1, -0.05) is 30.3 Å². The predicted molar refractivity (Wildman–Crippen MR) is 47.4 cm³/mol. The Bertz CT molecular complexity index is 319. The van der Waals surface area contributed by atoms with E-state index in [1.54, 1.807) is 0 Å². The summed E-state index contributed by atoms with van der Waals surface area (Å²) in [4.78, 5) is 23.9. The average molecular weight is 177 g/mol. The Hall–Kier alpha value is -1.97. The maximum absolute atomic E-state index is 10.6. The number of carbonyl (C=O) groups is 1. The number of hydrogen-bond donors (Lipinski definition) is 0. The van der Waals surface area contributed by atoms with Gasteiger partial charge < -0.3 is 0 Å². The van der Waals surface area contributed by atoms with Gasteiger partial charge in [0.1, 0.15) is 0 Å². The van der Waals surface area contributed by atoms with E-state index in [1.165, 1.54) is 6.08 Å². The van der Waals surface area contributed by atoms with Crippen LogP contribution in [0, 0.1) is 4.91 Å². The summed E-state index contributed by atoms with van der Waals surface area (Å²) >= 11 is 0. The van der Waals surface area contributed by atoms with Crippen molar-refractivity contribution >= 4 is 12.0 Å². The maximum Gasteiger partial charge on any atom is 0.362 e. The van der Waals surface area contributed by atoms with Crippen LogP contribution in [0.15, 0.2) is 41.7 Å². The summed E-state index contributed by atoms with van der Waals surface area (Å²) in [6.45, 7) is 0. The lowest BCUT2D eigenvalue weighted by atomic mass is 10.2. The van der Waals surface area contributed by atoms with Crippen LogP contribution in [0.3, 0.4) is 0 Å².